The van der Waals surface area contributed by atoms with Crippen molar-refractivity contribution in [2.24, 2.45) is 0 Å². The maximum absolute atomic E-state index is 5.07. The maximum atomic E-state index is 5.07. The van der Waals surface area contributed by atoms with E-state index in [1.807, 2.05) is 0 Å². The molecule has 0 atom stereocenters. The summed E-state index contributed by atoms with van der Waals surface area (Å²) in [6.07, 6.45) is 0. The summed E-state index contributed by atoms with van der Waals surface area (Å²) in [5.41, 5.74) is 18.8. The highest BCUT2D eigenvalue weighted by Gasteiger charge is 2.19. The summed E-state index contributed by atoms with van der Waals surface area (Å²) >= 11 is 0. The highest BCUT2D eigenvalue weighted by Crippen LogP contribution is 2.44. The van der Waals surface area contributed by atoms with E-state index in [2.05, 4.69) is 195 Å². The molecule has 0 radical (unpaired) electrons. The van der Waals surface area contributed by atoms with Crippen LogP contribution in [0.5, 0.6) is 0 Å². The van der Waals surface area contributed by atoms with Crippen molar-refractivity contribution >= 4 is 99.1 Å². The van der Waals surface area contributed by atoms with E-state index in [9.17, 15) is 0 Å². The van der Waals surface area contributed by atoms with Crippen molar-refractivity contribution in [3.63, 3.8) is 0 Å². The molecule has 0 N–H and O–H groups in total. The van der Waals surface area contributed by atoms with Gasteiger partial charge in [-0.2, -0.15) is 0 Å². The monoisotopic (exact) mass is 658 g/mol. The molecule has 0 saturated carbocycles. The van der Waals surface area contributed by atoms with Crippen LogP contribution in [0.1, 0.15) is 0 Å². The average Bonchev–Trinajstić information content (AvgIpc) is 3.59. The van der Waals surface area contributed by atoms with Crippen LogP contribution in [-0.2, 0) is 0 Å². The van der Waals surface area contributed by atoms with Crippen molar-refractivity contribution in [3.8, 4) is 50.5 Å². The summed E-state index contributed by atoms with van der Waals surface area (Å²) in [6.45, 7) is 0. The Morgan fingerprint density at radius 2 is 0.750 bits per heavy atom. The van der Waals surface area contributed by atoms with Crippen LogP contribution in [0.15, 0.2) is 152 Å². The lowest BCUT2D eigenvalue weighted by Gasteiger charge is -2.21. The first-order valence-electron chi connectivity index (χ1n) is 18.2. The molecule has 0 fully saturated rings. The van der Waals surface area contributed by atoms with Crippen LogP contribution < -0.4 is 27.3 Å². The largest absolute Gasteiger partial charge is 0.292 e. The number of hydrogen-bond donors (Lipinski definition) is 0. The number of fused-ring (bicyclic) bond motifs is 3. The van der Waals surface area contributed by atoms with E-state index in [-0.39, 0.29) is 0 Å². The molecule has 7 heteroatoms. The second-order valence-corrected chi connectivity index (χ2v) is 14.1. The van der Waals surface area contributed by atoms with Gasteiger partial charge in [0.25, 0.3) is 0 Å². The number of hydrogen-bond acceptors (Lipinski definition) is 1. The molecule has 0 bridgehead atoms. The van der Waals surface area contributed by atoms with Crippen LogP contribution in [-0.4, -0.2) is 48.8 Å². The van der Waals surface area contributed by atoms with Crippen molar-refractivity contribution in [1.29, 1.82) is 0 Å². The van der Waals surface area contributed by atoms with E-state index in [1.54, 1.807) is 0 Å². The first-order chi connectivity index (χ1) is 25.4. The van der Waals surface area contributed by atoms with Crippen molar-refractivity contribution in [2.45, 2.75) is 0 Å². The van der Waals surface area contributed by atoms with Crippen molar-refractivity contribution in [3.05, 3.63) is 152 Å². The molecule has 9 rings (SSSR count). The zero-order valence-electron chi connectivity index (χ0n) is 30.3. The lowest BCUT2D eigenvalue weighted by Crippen LogP contribution is -2.55. The van der Waals surface area contributed by atoms with Gasteiger partial charge in [-0.1, -0.05) is 138 Å². The molecule has 0 aliphatic heterocycles. The summed E-state index contributed by atoms with van der Waals surface area (Å²) < 4.78 is 2.28. The summed E-state index contributed by atoms with van der Waals surface area (Å²) in [7, 11) is 11.3. The zero-order chi connectivity index (χ0) is 35.5. The predicted octanol–water partition coefficient (Wildman–Crippen LogP) is 3.29. The van der Waals surface area contributed by atoms with Crippen LogP contribution >= 0.6 is 0 Å². The first kappa shape index (κ1) is 32.0. The number of rotatable bonds is 5. The van der Waals surface area contributed by atoms with Crippen LogP contribution in [0.3, 0.4) is 0 Å². The lowest BCUT2D eigenvalue weighted by atomic mass is 9.59. The van der Waals surface area contributed by atoms with Gasteiger partial charge < -0.3 is 0 Å². The Morgan fingerprint density at radius 3 is 1.27 bits per heavy atom. The molecular formula is C45H35B5N2. The van der Waals surface area contributed by atoms with Crippen molar-refractivity contribution < 1.29 is 0 Å². The minimum absolute atomic E-state index is 0.943. The van der Waals surface area contributed by atoms with E-state index in [4.69, 9.17) is 4.98 Å². The molecule has 0 aliphatic rings. The molecule has 2 nitrogen and oxygen atoms in total. The highest BCUT2D eigenvalue weighted by atomic mass is 15.1. The Hall–Kier alpha value is -5.93. The van der Waals surface area contributed by atoms with E-state index in [1.165, 1.54) is 82.2 Å². The molecule has 9 aromatic rings. The van der Waals surface area contributed by atoms with Gasteiger partial charge in [0.1, 0.15) is 45.1 Å². The Kier molecular flexibility index (Phi) is 7.81. The molecule has 1 heterocycles. The van der Waals surface area contributed by atoms with Crippen LogP contribution in [0, 0.1) is 0 Å². The van der Waals surface area contributed by atoms with Gasteiger partial charge in [0, 0.05) is 11.3 Å². The Labute approximate surface area is 309 Å². The van der Waals surface area contributed by atoms with Gasteiger partial charge in [-0.15, -0.1) is 16.4 Å². The molecule has 0 unspecified atom stereocenters. The quantitative estimate of drug-likeness (QED) is 0.205. The van der Waals surface area contributed by atoms with Gasteiger partial charge in [-0.25, -0.2) is 4.98 Å². The summed E-state index contributed by atoms with van der Waals surface area (Å²) in [5.74, 6) is 0.943. The molecule has 0 aliphatic carbocycles. The Balaban J connectivity index is 1.19. The zero-order valence-corrected chi connectivity index (χ0v) is 30.3. The summed E-state index contributed by atoms with van der Waals surface area (Å²) in [5, 5.41) is 5.02. The highest BCUT2D eigenvalue weighted by molar-refractivity contribution is 6.68. The third kappa shape index (κ3) is 5.06. The predicted molar refractivity (Wildman–Crippen MR) is 239 cm³/mol. The van der Waals surface area contributed by atoms with Gasteiger partial charge in [0.15, 0.2) is 0 Å². The number of benzene rings is 8. The second kappa shape index (κ2) is 12.7. The number of aromatic nitrogens is 2. The molecule has 0 saturated heterocycles. The normalized spacial score (nSPS) is 11.5. The van der Waals surface area contributed by atoms with Crippen LogP contribution in [0.4, 0.5) is 0 Å². The lowest BCUT2D eigenvalue weighted by molar-refractivity contribution is 1.10. The Bertz CT molecular complexity index is 2740. The van der Waals surface area contributed by atoms with Gasteiger partial charge in [-0.05, 0) is 79.2 Å². The smallest absolute Gasteiger partial charge is 0.145 e. The third-order valence-corrected chi connectivity index (χ3v) is 11.4. The van der Waals surface area contributed by atoms with Crippen LogP contribution in [0.2, 0.25) is 0 Å². The minimum Gasteiger partial charge on any atom is -0.292 e. The minimum atomic E-state index is 0.943. The van der Waals surface area contributed by atoms with Gasteiger partial charge >= 0.3 is 0 Å². The van der Waals surface area contributed by atoms with E-state index in [0.29, 0.717) is 0 Å². The average molecular weight is 658 g/mol. The summed E-state index contributed by atoms with van der Waals surface area (Å²) in [6, 6.07) is 55.0. The molecule has 0 amide bonds. The topological polar surface area (TPSA) is 17.8 Å². The van der Waals surface area contributed by atoms with Gasteiger partial charge in [0.2, 0.25) is 0 Å². The molecule has 0 spiro atoms. The number of nitrogens with zero attached hydrogens (tertiary/aromatic N) is 2. The molecule has 52 heavy (non-hydrogen) atoms. The van der Waals surface area contributed by atoms with Gasteiger partial charge in [-0.3, -0.25) is 4.57 Å². The molecule has 240 valence electrons. The second-order valence-electron chi connectivity index (χ2n) is 14.1. The molecule has 1 aromatic heterocycles. The first-order valence-corrected chi connectivity index (χ1v) is 18.2. The van der Waals surface area contributed by atoms with E-state index >= 15 is 0 Å². The Morgan fingerprint density at radius 1 is 0.346 bits per heavy atom. The number of imidazole rings is 1. The fraction of sp³-hybridized carbons (Fsp3) is 0. The molecule has 8 aromatic carbocycles. The third-order valence-electron chi connectivity index (χ3n) is 11.4. The van der Waals surface area contributed by atoms with Crippen molar-refractivity contribution in [2.75, 3.05) is 0 Å². The fourth-order valence-electron chi connectivity index (χ4n) is 8.33. The summed E-state index contributed by atoms with van der Waals surface area (Å²) in [4.78, 5) is 5.07. The standard InChI is InChI=1S/C45H35B5N2/c46-40-39(41(47)43(49)44(50)42(40)48)28-20-18-26(19-21-28)37-31-12-4-6-14-33(31)38(34-15-7-5-13-32(34)37)27-22-24-30(25-23-27)52-36-17-9-8-16-35(36)51-45(52)29-10-2-1-3-11-29/h1-25H,46-50H2. The number of para-hydroxylation sites is 2. The van der Waals surface area contributed by atoms with E-state index < -0.39 is 0 Å². The fourth-order valence-corrected chi connectivity index (χ4v) is 8.33. The van der Waals surface area contributed by atoms with E-state index in [0.717, 1.165) is 28.1 Å². The SMILES string of the molecule is Bc1c(B)c(B)c(-c2ccc(-c3c4ccccc4c(-c4ccc(-n5c(-c6ccccc6)nc6ccccc65)cc4)c4ccccc34)cc2)c(B)c1B. The molecular weight excluding hydrogens is 623 g/mol. The maximum Gasteiger partial charge on any atom is 0.145 e. The van der Waals surface area contributed by atoms with Gasteiger partial charge in [0.05, 0.1) is 11.0 Å². The van der Waals surface area contributed by atoms with Crippen LogP contribution in [0.25, 0.3) is 83.0 Å². The van der Waals surface area contributed by atoms with Crippen molar-refractivity contribution in [1.82, 2.24) is 9.55 Å².